The summed E-state index contributed by atoms with van der Waals surface area (Å²) in [6.45, 7) is 3.88. The number of ether oxygens (including phenoxy) is 2. The molecule has 3 N–H and O–H groups in total. The number of aliphatic hydroxyl groups is 1. The van der Waals surface area contributed by atoms with Gasteiger partial charge in [0.15, 0.2) is 5.78 Å². The van der Waals surface area contributed by atoms with Crippen LogP contribution in [0.15, 0.2) is 97.1 Å². The van der Waals surface area contributed by atoms with Crippen molar-refractivity contribution in [2.24, 2.45) is 5.92 Å². The highest BCUT2D eigenvalue weighted by molar-refractivity contribution is 5.99. The predicted molar refractivity (Wildman–Crippen MR) is 230 cm³/mol. The summed E-state index contributed by atoms with van der Waals surface area (Å²) >= 11 is 0. The number of ketones is 1. The number of aliphatic hydroxyl groups excluding tert-OH is 1. The largest absolute Gasteiger partial charge is 0.508 e. The maximum Gasteiger partial charge on any atom is 0.411 e. The van der Waals surface area contributed by atoms with Gasteiger partial charge in [0.25, 0.3) is 0 Å². The topological polar surface area (TPSA) is 146 Å². The monoisotopic (exact) mass is 813 g/mol. The van der Waals surface area contributed by atoms with Crippen molar-refractivity contribution in [3.05, 3.63) is 125 Å². The summed E-state index contributed by atoms with van der Waals surface area (Å²) in [6, 6.07) is 28.8. The second-order valence-corrected chi connectivity index (χ2v) is 16.2. The Kier molecular flexibility index (Phi) is 14.4. The molecule has 0 unspecified atom stereocenters. The molecule has 2 saturated heterocycles. The minimum absolute atomic E-state index is 0.0668. The second-order valence-electron chi connectivity index (χ2n) is 16.2. The van der Waals surface area contributed by atoms with Gasteiger partial charge in [-0.2, -0.15) is 0 Å². The van der Waals surface area contributed by atoms with E-state index in [1.807, 2.05) is 83.8 Å². The molecule has 2 amide bonds. The van der Waals surface area contributed by atoms with Gasteiger partial charge in [0.05, 0.1) is 24.8 Å². The van der Waals surface area contributed by atoms with Crippen molar-refractivity contribution in [1.29, 1.82) is 0 Å². The van der Waals surface area contributed by atoms with E-state index in [1.165, 1.54) is 6.08 Å². The molecule has 2 heterocycles. The molecular formula is C49H55N3O8. The van der Waals surface area contributed by atoms with Crippen LogP contribution in [0.2, 0.25) is 0 Å². The molecule has 1 atom stereocenters. The van der Waals surface area contributed by atoms with Crippen LogP contribution in [-0.2, 0) is 43.1 Å². The number of phenols is 1. The summed E-state index contributed by atoms with van der Waals surface area (Å²) in [7, 11) is 0. The number of hydrogen-bond acceptors (Lipinski definition) is 9. The van der Waals surface area contributed by atoms with Gasteiger partial charge in [0, 0.05) is 56.7 Å². The fraction of sp³-hybridized carbons (Fsp3) is 0.388. The Balaban J connectivity index is 0.740. The Morgan fingerprint density at radius 2 is 1.53 bits per heavy atom. The van der Waals surface area contributed by atoms with E-state index < -0.39 is 12.2 Å². The third kappa shape index (κ3) is 11.5. The van der Waals surface area contributed by atoms with Crippen molar-refractivity contribution in [2.45, 2.75) is 76.4 Å². The summed E-state index contributed by atoms with van der Waals surface area (Å²) in [5.41, 5.74) is 6.67. The number of esters is 1. The number of amides is 2. The third-order valence-electron chi connectivity index (χ3n) is 12.0. The van der Waals surface area contributed by atoms with Crippen LogP contribution in [0.4, 0.5) is 10.5 Å². The number of carbonyl (C=O) groups excluding carboxylic acids is 4. The number of anilines is 1. The van der Waals surface area contributed by atoms with Gasteiger partial charge in [-0.15, -0.1) is 0 Å². The van der Waals surface area contributed by atoms with E-state index in [2.05, 4.69) is 10.2 Å². The van der Waals surface area contributed by atoms with Crippen molar-refractivity contribution in [1.82, 2.24) is 9.80 Å². The SMILES string of the molecule is O=C1C=Cc2c([C@@H](O)CCCc3ccc(CC(=O)OCC4CCN(C(=O)CCN5CCC(OC(=O)Nc6ccccc6-c6ccccc6)CC5)CC4)cc3)ccc(O)c2C1. The van der Waals surface area contributed by atoms with Gasteiger partial charge < -0.3 is 29.5 Å². The van der Waals surface area contributed by atoms with E-state index in [9.17, 15) is 29.4 Å². The van der Waals surface area contributed by atoms with Gasteiger partial charge in [0.1, 0.15) is 11.9 Å². The smallest absolute Gasteiger partial charge is 0.411 e. The highest BCUT2D eigenvalue weighted by atomic mass is 16.6. The summed E-state index contributed by atoms with van der Waals surface area (Å²) < 4.78 is 11.4. The Labute approximate surface area is 352 Å². The highest BCUT2D eigenvalue weighted by Gasteiger charge is 2.27. The first-order valence-corrected chi connectivity index (χ1v) is 21.3. The predicted octanol–water partition coefficient (Wildman–Crippen LogP) is 7.68. The lowest BCUT2D eigenvalue weighted by Gasteiger charge is -2.34. The molecule has 1 aliphatic carbocycles. The van der Waals surface area contributed by atoms with Crippen molar-refractivity contribution in [3.63, 3.8) is 0 Å². The summed E-state index contributed by atoms with van der Waals surface area (Å²) in [5, 5.41) is 24.0. The number of rotatable bonds is 15. The lowest BCUT2D eigenvalue weighted by atomic mass is 9.88. The Morgan fingerprint density at radius 1 is 0.817 bits per heavy atom. The van der Waals surface area contributed by atoms with Gasteiger partial charge in [-0.1, -0.05) is 84.9 Å². The summed E-state index contributed by atoms with van der Waals surface area (Å²) in [6.07, 6.45) is 7.71. The Hall–Kier alpha value is -5.78. The average Bonchev–Trinajstić information content (AvgIpc) is 3.27. The number of nitrogens with one attached hydrogen (secondary N) is 1. The van der Waals surface area contributed by atoms with Crippen LogP contribution < -0.4 is 5.32 Å². The van der Waals surface area contributed by atoms with E-state index in [-0.39, 0.29) is 48.3 Å². The molecule has 2 aliphatic heterocycles. The minimum atomic E-state index is -0.709. The molecule has 2 fully saturated rings. The molecule has 0 aromatic heterocycles. The molecule has 314 valence electrons. The van der Waals surface area contributed by atoms with Crippen LogP contribution in [0.1, 0.15) is 78.9 Å². The van der Waals surface area contributed by atoms with Crippen molar-refractivity contribution < 1.29 is 38.9 Å². The molecule has 60 heavy (non-hydrogen) atoms. The molecule has 11 nitrogen and oxygen atoms in total. The zero-order valence-corrected chi connectivity index (χ0v) is 34.1. The van der Waals surface area contributed by atoms with E-state index in [4.69, 9.17) is 9.47 Å². The first-order valence-electron chi connectivity index (χ1n) is 21.3. The lowest BCUT2D eigenvalue weighted by Crippen LogP contribution is -2.43. The highest BCUT2D eigenvalue weighted by Crippen LogP contribution is 2.34. The zero-order valence-electron chi connectivity index (χ0n) is 34.1. The number of phenolic OH excluding ortho intramolecular Hbond substituents is 1. The number of likely N-dealkylation sites (tertiary alicyclic amines) is 2. The molecule has 4 aromatic carbocycles. The van der Waals surface area contributed by atoms with E-state index in [0.717, 1.165) is 85.0 Å². The number of aromatic hydroxyl groups is 1. The molecule has 3 aliphatic rings. The first-order chi connectivity index (χ1) is 29.2. The van der Waals surface area contributed by atoms with Crippen LogP contribution in [-0.4, -0.2) is 89.2 Å². The van der Waals surface area contributed by atoms with E-state index in [1.54, 1.807) is 18.2 Å². The zero-order chi connectivity index (χ0) is 41.8. The first kappa shape index (κ1) is 42.3. The molecule has 0 spiro atoms. The minimum Gasteiger partial charge on any atom is -0.508 e. The Morgan fingerprint density at radius 3 is 2.30 bits per heavy atom. The number of allylic oxidation sites excluding steroid dienone is 1. The fourth-order valence-electron chi connectivity index (χ4n) is 8.43. The number of piperidine rings is 2. The van der Waals surface area contributed by atoms with E-state index in [0.29, 0.717) is 50.3 Å². The molecule has 0 bridgehead atoms. The van der Waals surface area contributed by atoms with Gasteiger partial charge in [-0.3, -0.25) is 19.7 Å². The number of nitrogens with zero attached hydrogens (tertiary/aromatic N) is 2. The average molecular weight is 814 g/mol. The number of benzene rings is 4. The molecule has 7 rings (SSSR count). The van der Waals surface area contributed by atoms with Crippen LogP contribution in [0.5, 0.6) is 5.75 Å². The normalized spacial score (nSPS) is 16.6. The molecular weight excluding hydrogens is 759 g/mol. The quantitative estimate of drug-likeness (QED) is 0.103. The summed E-state index contributed by atoms with van der Waals surface area (Å²) in [4.78, 5) is 54.6. The fourth-order valence-corrected chi connectivity index (χ4v) is 8.43. The van der Waals surface area contributed by atoms with Crippen LogP contribution in [0, 0.1) is 5.92 Å². The van der Waals surface area contributed by atoms with Crippen molar-refractivity contribution in [2.75, 3.05) is 44.6 Å². The number of carbonyl (C=O) groups is 4. The number of aryl methyl sites for hydroxylation is 1. The molecule has 0 radical (unpaired) electrons. The second kappa shape index (κ2) is 20.5. The van der Waals surface area contributed by atoms with Crippen LogP contribution in [0.3, 0.4) is 0 Å². The number of para-hydroxylation sites is 1. The molecule has 4 aromatic rings. The van der Waals surface area contributed by atoms with Crippen molar-refractivity contribution >= 4 is 35.5 Å². The standard InChI is InChI=1S/C49H55N3O8/c53-38-17-18-41-42(19-20-46(55)43(41)32-38)45(54)12-6-7-34-13-15-35(16-14-34)31-48(57)59-33-36-21-29-52(30-22-36)47(56)25-28-51-26-23-39(24-27-51)60-49(58)50-44-11-5-4-10-40(44)37-8-2-1-3-9-37/h1-5,8-11,13-20,36,39,45,54-55H,6-7,12,21-33H2,(H,50,58)/t45-/m0/s1. The van der Waals surface area contributed by atoms with Crippen LogP contribution >= 0.6 is 0 Å². The molecule has 0 saturated carbocycles. The van der Waals surface area contributed by atoms with Gasteiger partial charge >= 0.3 is 12.1 Å². The van der Waals surface area contributed by atoms with Crippen molar-refractivity contribution in [3.8, 4) is 16.9 Å². The third-order valence-corrected chi connectivity index (χ3v) is 12.0. The Bertz CT molecular complexity index is 2140. The molecule has 11 heteroatoms. The van der Waals surface area contributed by atoms with Gasteiger partial charge in [-0.25, -0.2) is 4.79 Å². The maximum absolute atomic E-state index is 13.1. The van der Waals surface area contributed by atoms with Gasteiger partial charge in [0.2, 0.25) is 5.91 Å². The lowest BCUT2D eigenvalue weighted by molar-refractivity contribution is -0.145. The number of hydrogen-bond donors (Lipinski definition) is 3. The van der Waals surface area contributed by atoms with Crippen LogP contribution in [0.25, 0.3) is 17.2 Å². The van der Waals surface area contributed by atoms with Gasteiger partial charge in [-0.05, 0) is 96.9 Å². The number of fused-ring (bicyclic) bond motifs is 1. The maximum atomic E-state index is 13.1. The summed E-state index contributed by atoms with van der Waals surface area (Å²) in [5.74, 6) is 0.118. The van der Waals surface area contributed by atoms with E-state index >= 15 is 0 Å².